The number of allylic oxidation sites excluding steroid dienone is 2. The summed E-state index contributed by atoms with van der Waals surface area (Å²) in [7, 11) is 0. The van der Waals surface area contributed by atoms with E-state index in [-0.39, 0.29) is 5.97 Å². The Balaban J connectivity index is 2.03. The van der Waals surface area contributed by atoms with E-state index >= 15 is 0 Å². The molecule has 0 fully saturated rings. The van der Waals surface area contributed by atoms with Crippen molar-refractivity contribution in [2.24, 2.45) is 10.9 Å². The van der Waals surface area contributed by atoms with E-state index in [1.54, 1.807) is 0 Å². The second kappa shape index (κ2) is 10.3. The van der Waals surface area contributed by atoms with Crippen molar-refractivity contribution < 1.29 is 10.9 Å². The molecule has 1 atom stereocenters. The Morgan fingerprint density at radius 1 is 0.900 bits per heavy atom. The number of hydrogen-bond acceptors (Lipinski definition) is 4. The molecule has 0 saturated carbocycles. The topological polar surface area (TPSA) is 47.9 Å². The van der Waals surface area contributed by atoms with Gasteiger partial charge in [0.2, 0.25) is 0 Å². The van der Waals surface area contributed by atoms with Crippen LogP contribution in [0.4, 0.5) is 0 Å². The third-order valence-corrected chi connectivity index (χ3v) is 14.0. The van der Waals surface area contributed by atoms with Crippen LogP contribution < -0.4 is 0 Å². The third-order valence-electron chi connectivity index (χ3n) is 5.00. The summed E-state index contributed by atoms with van der Waals surface area (Å²) in [6.45, 7) is 8.07. The van der Waals surface area contributed by atoms with Gasteiger partial charge in [-0.15, -0.1) is 0 Å². The van der Waals surface area contributed by atoms with Crippen LogP contribution in [0.1, 0.15) is 45.2 Å². The first-order chi connectivity index (χ1) is 14.3. The number of benzene rings is 2. The monoisotopic (exact) mass is 513 g/mol. The zero-order valence-corrected chi connectivity index (χ0v) is 21.2. The molecule has 3 rings (SSSR count). The molecule has 4 nitrogen and oxygen atoms in total. The summed E-state index contributed by atoms with van der Waals surface area (Å²) >= 11 is -3.98. The van der Waals surface area contributed by atoms with E-state index in [0.717, 1.165) is 22.6 Å². The molecule has 0 N–H and O–H groups in total. The van der Waals surface area contributed by atoms with Gasteiger partial charge in [0.05, 0.1) is 0 Å². The Labute approximate surface area is 185 Å². The molecule has 0 aliphatic carbocycles. The molecule has 0 unspecified atom stereocenters. The van der Waals surface area contributed by atoms with Crippen LogP contribution in [0, 0.1) is 5.92 Å². The Kier molecular flexibility index (Phi) is 7.75. The molecule has 1 heterocycles. The zero-order valence-electron chi connectivity index (χ0n) is 18.3. The van der Waals surface area contributed by atoms with Gasteiger partial charge >= 0.3 is 185 Å². The molecule has 1 aliphatic heterocycles. The molecule has 0 bridgehead atoms. The number of carbonyl (C=O) groups excluding carboxylic acids is 1. The summed E-state index contributed by atoms with van der Waals surface area (Å²) in [6.07, 6.45) is 2.61. The molecule has 2 aromatic rings. The van der Waals surface area contributed by atoms with Crippen molar-refractivity contribution in [1.82, 2.24) is 0 Å². The molecule has 0 amide bonds. The van der Waals surface area contributed by atoms with Crippen molar-refractivity contribution in [3.63, 3.8) is 0 Å². The Bertz CT molecular complexity index is 865. The normalized spacial score (nSPS) is 20.7. The van der Waals surface area contributed by atoms with Crippen molar-refractivity contribution in [2.75, 3.05) is 0 Å². The van der Waals surface area contributed by atoms with Crippen molar-refractivity contribution in [3.8, 4) is 0 Å². The van der Waals surface area contributed by atoms with Crippen LogP contribution in [0.15, 0.2) is 77.5 Å². The van der Waals surface area contributed by atoms with Gasteiger partial charge < -0.3 is 0 Å². The van der Waals surface area contributed by atoms with Gasteiger partial charge in [-0.05, 0) is 0 Å². The maximum absolute atomic E-state index is 13.3. The molecule has 0 aromatic heterocycles. The van der Waals surface area contributed by atoms with E-state index in [2.05, 4.69) is 43.1 Å². The molecule has 0 saturated heterocycles. The SMILES string of the molecule is CC1=N[C@@H](CC(C)C)C(=O)[O][Sn]([CH2]c2ccccc2)([CH2]c2ccccc2)[O]/C(C)=C\1. The van der Waals surface area contributed by atoms with Crippen molar-refractivity contribution in [2.45, 2.75) is 49.0 Å². The van der Waals surface area contributed by atoms with Crippen LogP contribution in [0.25, 0.3) is 0 Å². The van der Waals surface area contributed by atoms with Gasteiger partial charge in [0.25, 0.3) is 0 Å². The molecule has 5 heteroatoms. The first-order valence-electron chi connectivity index (χ1n) is 10.6. The molecule has 158 valence electrons. The fourth-order valence-corrected chi connectivity index (χ4v) is 13.3. The van der Waals surface area contributed by atoms with E-state index in [1.165, 1.54) is 0 Å². The van der Waals surface area contributed by atoms with Gasteiger partial charge in [-0.25, -0.2) is 0 Å². The Morgan fingerprint density at radius 3 is 1.93 bits per heavy atom. The quantitative estimate of drug-likeness (QED) is 0.491. The predicted molar refractivity (Wildman–Crippen MR) is 123 cm³/mol. The van der Waals surface area contributed by atoms with Crippen LogP contribution in [-0.4, -0.2) is 36.9 Å². The summed E-state index contributed by atoms with van der Waals surface area (Å²) in [4.78, 5) is 18.0. The van der Waals surface area contributed by atoms with Gasteiger partial charge in [0.15, 0.2) is 0 Å². The average Bonchev–Trinajstić information content (AvgIpc) is 2.71. The first kappa shape index (κ1) is 22.6. The summed E-state index contributed by atoms with van der Waals surface area (Å²) in [5.41, 5.74) is 3.08. The predicted octanol–water partition coefficient (Wildman–Crippen LogP) is 5.35. The molecule has 1 aliphatic rings. The van der Waals surface area contributed by atoms with E-state index in [9.17, 15) is 4.79 Å². The van der Waals surface area contributed by atoms with Crippen LogP contribution in [-0.2, 0) is 19.8 Å². The standard InChI is InChI=1S/C11H19NO3.2C7H7.Sn/c1-7(2)5-10(11(14)15)12-8(3)6-9(4)13;2*1-7-5-3-2-4-6-7;/h6-7,10,13H,5H2,1-4H3,(H,14,15);2*2-6H,1H2;/q;;;+2/p-2/b9-6-,12-8?;;;/t10-;;;/m0.../s1. The number of carbonyl (C=O) groups is 1. The van der Waals surface area contributed by atoms with Crippen LogP contribution in [0.3, 0.4) is 0 Å². The third kappa shape index (κ3) is 6.46. The molecule has 0 spiro atoms. The summed E-state index contributed by atoms with van der Waals surface area (Å²) < 4.78 is 14.3. The van der Waals surface area contributed by atoms with E-state index in [4.69, 9.17) is 6.15 Å². The van der Waals surface area contributed by atoms with Crippen molar-refractivity contribution >= 4 is 30.9 Å². The fourth-order valence-electron chi connectivity index (χ4n) is 3.84. The molecule has 2 aromatic carbocycles. The second-order valence-corrected chi connectivity index (χ2v) is 16.8. The summed E-state index contributed by atoms with van der Waals surface area (Å²) in [5.74, 6) is 0.879. The Morgan fingerprint density at radius 2 is 1.43 bits per heavy atom. The van der Waals surface area contributed by atoms with Crippen LogP contribution >= 0.6 is 0 Å². The van der Waals surface area contributed by atoms with Crippen LogP contribution in [0.5, 0.6) is 0 Å². The van der Waals surface area contributed by atoms with E-state index < -0.39 is 25.2 Å². The number of rotatable bonds is 6. The zero-order chi connectivity index (χ0) is 21.6. The average molecular weight is 512 g/mol. The maximum atomic E-state index is 13.3. The summed E-state index contributed by atoms with van der Waals surface area (Å²) in [5, 5.41) is 0. The summed E-state index contributed by atoms with van der Waals surface area (Å²) in [6, 6.07) is 19.9. The number of aliphatic imine (C=N–C) groups is 1. The van der Waals surface area contributed by atoms with Gasteiger partial charge in [-0.3, -0.25) is 0 Å². The van der Waals surface area contributed by atoms with Gasteiger partial charge in [0.1, 0.15) is 0 Å². The van der Waals surface area contributed by atoms with Crippen LogP contribution in [0.2, 0.25) is 0 Å². The fraction of sp³-hybridized carbons (Fsp3) is 0.360. The molecular weight excluding hydrogens is 481 g/mol. The minimum absolute atomic E-state index is 0.242. The molecular formula is C25H31NO3Sn. The minimum atomic E-state index is -3.98. The van der Waals surface area contributed by atoms with Crippen molar-refractivity contribution in [3.05, 3.63) is 83.6 Å². The number of hydrogen-bond donors (Lipinski definition) is 0. The van der Waals surface area contributed by atoms with E-state index in [0.29, 0.717) is 21.2 Å². The molecule has 30 heavy (non-hydrogen) atoms. The first-order valence-corrected chi connectivity index (χ1v) is 16.9. The number of nitrogens with zero attached hydrogens (tertiary/aromatic N) is 1. The van der Waals surface area contributed by atoms with Gasteiger partial charge in [-0.1, -0.05) is 0 Å². The van der Waals surface area contributed by atoms with Gasteiger partial charge in [-0.2, -0.15) is 0 Å². The molecule has 0 radical (unpaired) electrons. The van der Waals surface area contributed by atoms with Crippen molar-refractivity contribution in [1.29, 1.82) is 0 Å². The van der Waals surface area contributed by atoms with E-state index in [1.807, 2.05) is 56.3 Å². The second-order valence-electron chi connectivity index (χ2n) is 8.43. The van der Waals surface area contributed by atoms with Gasteiger partial charge in [0, 0.05) is 0 Å². The Hall–Kier alpha value is -2.08.